The molecule has 0 saturated carbocycles. The molecule has 1 fully saturated rings. The van der Waals surface area contributed by atoms with E-state index in [9.17, 15) is 19.1 Å². The molecule has 7 heteroatoms. The van der Waals surface area contributed by atoms with Crippen molar-refractivity contribution < 1.29 is 23.8 Å². The third-order valence-corrected chi connectivity index (χ3v) is 3.47. The zero-order valence-corrected chi connectivity index (χ0v) is 13.2. The standard InChI is InChI=1S/C16H21FN2O4/c1-10(2)9-23-16(22)19-8-13(20)7-14(19)15(21)18-12-5-3-11(17)4-6-12/h3-6,10,13-14,20H,7-9H2,1-2H3,(H,18,21)/t13-,14+/m0/s1. The lowest BCUT2D eigenvalue weighted by Crippen LogP contribution is -2.43. The Hall–Kier alpha value is -2.15. The largest absolute Gasteiger partial charge is 0.449 e. The summed E-state index contributed by atoms with van der Waals surface area (Å²) in [7, 11) is 0. The number of likely N-dealkylation sites (tertiary alicyclic amines) is 1. The zero-order valence-electron chi connectivity index (χ0n) is 13.2. The highest BCUT2D eigenvalue weighted by atomic mass is 19.1. The van der Waals surface area contributed by atoms with Crippen LogP contribution in [0.3, 0.4) is 0 Å². The van der Waals surface area contributed by atoms with Crippen molar-refractivity contribution in [3.63, 3.8) is 0 Å². The Balaban J connectivity index is 2.01. The summed E-state index contributed by atoms with van der Waals surface area (Å²) in [6.45, 7) is 4.12. The highest BCUT2D eigenvalue weighted by Crippen LogP contribution is 2.21. The first-order chi connectivity index (χ1) is 10.9. The van der Waals surface area contributed by atoms with Crippen LogP contribution in [0.2, 0.25) is 0 Å². The maximum Gasteiger partial charge on any atom is 0.410 e. The number of aliphatic hydroxyl groups is 1. The molecule has 1 heterocycles. The van der Waals surface area contributed by atoms with Crippen molar-refractivity contribution >= 4 is 17.7 Å². The van der Waals surface area contributed by atoms with Crippen molar-refractivity contribution in [2.24, 2.45) is 5.92 Å². The van der Waals surface area contributed by atoms with Gasteiger partial charge in [0.05, 0.1) is 19.3 Å². The fourth-order valence-corrected chi connectivity index (χ4v) is 2.34. The number of nitrogens with one attached hydrogen (secondary N) is 1. The van der Waals surface area contributed by atoms with Crippen molar-refractivity contribution in [1.82, 2.24) is 4.90 Å². The van der Waals surface area contributed by atoms with Crippen LogP contribution in [0.5, 0.6) is 0 Å². The molecule has 0 spiro atoms. The van der Waals surface area contributed by atoms with Gasteiger partial charge in [0.2, 0.25) is 5.91 Å². The van der Waals surface area contributed by atoms with E-state index in [1.165, 1.54) is 29.2 Å². The summed E-state index contributed by atoms with van der Waals surface area (Å²) in [5.74, 6) is -0.661. The average molecular weight is 324 g/mol. The molecule has 1 aliphatic heterocycles. The van der Waals surface area contributed by atoms with Gasteiger partial charge in [0.15, 0.2) is 0 Å². The zero-order chi connectivity index (χ0) is 17.0. The fourth-order valence-electron chi connectivity index (χ4n) is 2.34. The quantitative estimate of drug-likeness (QED) is 0.888. The Bertz CT molecular complexity index is 562. The first-order valence-corrected chi connectivity index (χ1v) is 7.54. The topological polar surface area (TPSA) is 78.9 Å². The molecule has 126 valence electrons. The molecule has 1 saturated heterocycles. The van der Waals surface area contributed by atoms with Gasteiger partial charge in [-0.15, -0.1) is 0 Å². The van der Waals surface area contributed by atoms with Gasteiger partial charge in [0.25, 0.3) is 0 Å². The van der Waals surface area contributed by atoms with Crippen LogP contribution in [-0.2, 0) is 9.53 Å². The SMILES string of the molecule is CC(C)COC(=O)N1C[C@@H](O)C[C@@H]1C(=O)Nc1ccc(F)cc1. The lowest BCUT2D eigenvalue weighted by molar-refractivity contribution is -0.120. The third-order valence-electron chi connectivity index (χ3n) is 3.47. The second-order valence-electron chi connectivity index (χ2n) is 6.02. The number of halogens is 1. The lowest BCUT2D eigenvalue weighted by Gasteiger charge is -2.23. The number of amides is 2. The van der Waals surface area contributed by atoms with Crippen molar-refractivity contribution in [1.29, 1.82) is 0 Å². The van der Waals surface area contributed by atoms with Gasteiger partial charge in [-0.3, -0.25) is 9.69 Å². The summed E-state index contributed by atoms with van der Waals surface area (Å²) in [4.78, 5) is 25.6. The molecule has 0 aliphatic carbocycles. The van der Waals surface area contributed by atoms with Crippen LogP contribution in [0.25, 0.3) is 0 Å². The lowest BCUT2D eigenvalue weighted by atomic mass is 10.2. The Morgan fingerprint density at radius 3 is 2.65 bits per heavy atom. The van der Waals surface area contributed by atoms with Crippen LogP contribution >= 0.6 is 0 Å². The predicted octanol–water partition coefficient (Wildman–Crippen LogP) is 1.99. The Morgan fingerprint density at radius 2 is 2.04 bits per heavy atom. The monoisotopic (exact) mass is 324 g/mol. The predicted molar refractivity (Wildman–Crippen MR) is 82.3 cm³/mol. The van der Waals surface area contributed by atoms with E-state index in [0.717, 1.165) is 0 Å². The van der Waals surface area contributed by atoms with Crippen molar-refractivity contribution in [2.75, 3.05) is 18.5 Å². The second-order valence-corrected chi connectivity index (χ2v) is 6.02. The minimum atomic E-state index is -0.810. The first-order valence-electron chi connectivity index (χ1n) is 7.54. The number of rotatable bonds is 4. The molecule has 0 aromatic heterocycles. The second kappa shape index (κ2) is 7.41. The number of aliphatic hydroxyl groups excluding tert-OH is 1. The van der Waals surface area contributed by atoms with Gasteiger partial charge < -0.3 is 15.2 Å². The smallest absolute Gasteiger partial charge is 0.410 e. The van der Waals surface area contributed by atoms with E-state index in [-0.39, 0.29) is 25.5 Å². The molecule has 2 atom stereocenters. The van der Waals surface area contributed by atoms with Gasteiger partial charge in [-0.1, -0.05) is 13.8 Å². The number of nitrogens with zero attached hydrogens (tertiary/aromatic N) is 1. The summed E-state index contributed by atoms with van der Waals surface area (Å²) in [5, 5.41) is 12.4. The summed E-state index contributed by atoms with van der Waals surface area (Å²) >= 11 is 0. The normalized spacial score (nSPS) is 20.7. The van der Waals surface area contributed by atoms with Gasteiger partial charge in [0.1, 0.15) is 11.9 Å². The van der Waals surface area contributed by atoms with E-state index in [1.807, 2.05) is 13.8 Å². The number of hydrogen-bond donors (Lipinski definition) is 2. The summed E-state index contributed by atoms with van der Waals surface area (Å²) in [6.07, 6.45) is -1.25. The Kier molecular flexibility index (Phi) is 5.54. The van der Waals surface area contributed by atoms with Gasteiger partial charge in [-0.2, -0.15) is 0 Å². The van der Waals surface area contributed by atoms with Gasteiger partial charge in [-0.25, -0.2) is 9.18 Å². The van der Waals surface area contributed by atoms with Crippen LogP contribution in [0.15, 0.2) is 24.3 Å². The number of ether oxygens (including phenoxy) is 1. The average Bonchev–Trinajstić information content (AvgIpc) is 2.89. The first kappa shape index (κ1) is 17.2. The Morgan fingerprint density at radius 1 is 1.39 bits per heavy atom. The fraction of sp³-hybridized carbons (Fsp3) is 0.500. The van der Waals surface area contributed by atoms with E-state index < -0.39 is 30.0 Å². The van der Waals surface area contributed by atoms with Crippen LogP contribution in [0.4, 0.5) is 14.9 Å². The molecule has 0 bridgehead atoms. The van der Waals surface area contributed by atoms with E-state index in [2.05, 4.69) is 5.32 Å². The maximum atomic E-state index is 12.9. The van der Waals surface area contributed by atoms with Gasteiger partial charge in [-0.05, 0) is 30.2 Å². The molecule has 2 N–H and O–H groups in total. The maximum absolute atomic E-state index is 12.9. The highest BCUT2D eigenvalue weighted by Gasteiger charge is 2.39. The van der Waals surface area contributed by atoms with Crippen LogP contribution < -0.4 is 5.32 Å². The van der Waals surface area contributed by atoms with Crippen LogP contribution in [0.1, 0.15) is 20.3 Å². The van der Waals surface area contributed by atoms with E-state index in [0.29, 0.717) is 5.69 Å². The number of carbonyl (C=O) groups is 2. The van der Waals surface area contributed by atoms with Crippen molar-refractivity contribution in [2.45, 2.75) is 32.4 Å². The summed E-state index contributed by atoms with van der Waals surface area (Å²) in [5.41, 5.74) is 0.424. The van der Waals surface area contributed by atoms with Gasteiger partial charge in [0, 0.05) is 12.1 Å². The van der Waals surface area contributed by atoms with E-state index in [1.54, 1.807) is 0 Å². The van der Waals surface area contributed by atoms with E-state index in [4.69, 9.17) is 4.74 Å². The molecule has 1 aliphatic rings. The minimum absolute atomic E-state index is 0.0540. The molecule has 2 rings (SSSR count). The van der Waals surface area contributed by atoms with Gasteiger partial charge >= 0.3 is 6.09 Å². The number of carbonyl (C=O) groups excluding carboxylic acids is 2. The minimum Gasteiger partial charge on any atom is -0.449 e. The number of anilines is 1. The summed E-state index contributed by atoms with van der Waals surface area (Å²) in [6, 6.07) is 4.51. The van der Waals surface area contributed by atoms with Crippen molar-refractivity contribution in [3.05, 3.63) is 30.1 Å². The highest BCUT2D eigenvalue weighted by molar-refractivity contribution is 5.96. The molecular formula is C16H21FN2O4. The number of β-amino-alcohol motifs (C(OH)–C–C–N with tert-alkyl or cyclic N) is 1. The molecule has 1 aromatic rings. The molecule has 6 nitrogen and oxygen atoms in total. The molecule has 0 unspecified atom stereocenters. The third kappa shape index (κ3) is 4.66. The molecular weight excluding hydrogens is 303 g/mol. The summed E-state index contributed by atoms with van der Waals surface area (Å²) < 4.78 is 18.0. The van der Waals surface area contributed by atoms with E-state index >= 15 is 0 Å². The number of hydrogen-bond acceptors (Lipinski definition) is 4. The molecule has 0 radical (unpaired) electrons. The molecule has 2 amide bonds. The van der Waals surface area contributed by atoms with Crippen LogP contribution in [0, 0.1) is 11.7 Å². The molecule has 23 heavy (non-hydrogen) atoms. The van der Waals surface area contributed by atoms with Crippen LogP contribution in [-0.4, -0.2) is 47.3 Å². The number of benzene rings is 1. The van der Waals surface area contributed by atoms with Crippen molar-refractivity contribution in [3.8, 4) is 0 Å². The Labute approximate surface area is 134 Å². The molecule has 1 aromatic carbocycles.